The Hall–Kier alpha value is -2.08. The van der Waals surface area contributed by atoms with E-state index in [-0.39, 0.29) is 10.8 Å². The third-order valence-corrected chi connectivity index (χ3v) is 6.71. The summed E-state index contributed by atoms with van der Waals surface area (Å²) in [6, 6.07) is 7.00. The van der Waals surface area contributed by atoms with E-state index in [9.17, 15) is 0 Å². The fraction of sp³-hybridized carbons (Fsp3) is 0.407. The zero-order valence-corrected chi connectivity index (χ0v) is 17.7. The number of hydrogen-bond acceptors (Lipinski definition) is 0. The van der Waals surface area contributed by atoms with Gasteiger partial charge in [0.15, 0.2) is 0 Å². The first-order valence-electron chi connectivity index (χ1n) is 10.2. The lowest BCUT2D eigenvalue weighted by Gasteiger charge is -2.47. The van der Waals surface area contributed by atoms with Gasteiger partial charge in [0.2, 0.25) is 0 Å². The fourth-order valence-electron chi connectivity index (χ4n) is 4.44. The van der Waals surface area contributed by atoms with Crippen molar-refractivity contribution in [1.29, 1.82) is 0 Å². The van der Waals surface area contributed by atoms with Gasteiger partial charge in [-0.3, -0.25) is 0 Å². The first-order chi connectivity index (χ1) is 12.7. The molecule has 0 bridgehead atoms. The summed E-state index contributed by atoms with van der Waals surface area (Å²) in [5.41, 5.74) is 8.61. The van der Waals surface area contributed by atoms with Crippen molar-refractivity contribution in [3.8, 4) is 0 Å². The van der Waals surface area contributed by atoms with Gasteiger partial charge < -0.3 is 0 Å². The van der Waals surface area contributed by atoms with Gasteiger partial charge in [-0.2, -0.15) is 0 Å². The van der Waals surface area contributed by atoms with Crippen molar-refractivity contribution in [2.24, 2.45) is 5.41 Å². The van der Waals surface area contributed by atoms with Crippen LogP contribution < -0.4 is 0 Å². The van der Waals surface area contributed by atoms with Gasteiger partial charge in [-0.25, -0.2) is 0 Å². The lowest BCUT2D eigenvalue weighted by Crippen LogP contribution is -2.40. The minimum atomic E-state index is 0.0763. The van der Waals surface area contributed by atoms with Crippen molar-refractivity contribution >= 4 is 0 Å². The topological polar surface area (TPSA) is 0 Å². The third kappa shape index (κ3) is 4.10. The standard InChI is InChI=1S/C27H34/c1-20(11-13-23-9-7-8-10-23)17-24-14-12-22(3)25(18-24)27(6)19-21(2)15-16-26(27,4)5/h7-9,11-14,18-19H,1,10,15-17H2,2-6H3/t27-/m1/s1. The summed E-state index contributed by atoms with van der Waals surface area (Å²) >= 11 is 0. The van der Waals surface area contributed by atoms with Gasteiger partial charge in [0.1, 0.15) is 0 Å². The second-order valence-corrected chi connectivity index (χ2v) is 9.27. The molecule has 142 valence electrons. The Balaban J connectivity index is 1.86. The van der Waals surface area contributed by atoms with Gasteiger partial charge in [0, 0.05) is 5.41 Å². The molecule has 1 aromatic rings. The van der Waals surface area contributed by atoms with Crippen LogP contribution in [0.15, 0.2) is 78.0 Å². The summed E-state index contributed by atoms with van der Waals surface area (Å²) in [5, 5.41) is 0. The summed E-state index contributed by atoms with van der Waals surface area (Å²) in [5.74, 6) is 0. The number of allylic oxidation sites excluding steroid dienone is 9. The summed E-state index contributed by atoms with van der Waals surface area (Å²) in [6.45, 7) is 16.1. The van der Waals surface area contributed by atoms with Crippen LogP contribution in [0.5, 0.6) is 0 Å². The lowest BCUT2D eigenvalue weighted by molar-refractivity contribution is 0.194. The van der Waals surface area contributed by atoms with Crippen LogP contribution in [0, 0.1) is 12.3 Å². The molecule has 1 aromatic carbocycles. The van der Waals surface area contributed by atoms with Crippen molar-refractivity contribution in [1.82, 2.24) is 0 Å². The SMILES string of the molecule is C=C(C=CC1=CC=CC1)Cc1ccc(C)c([C@@]2(C)C=C(C)CCC2(C)C)c1. The second-order valence-electron chi connectivity index (χ2n) is 9.27. The van der Waals surface area contributed by atoms with Crippen LogP contribution >= 0.6 is 0 Å². The first kappa shape index (κ1) is 19.7. The number of rotatable bonds is 5. The molecule has 0 fully saturated rings. The Bertz CT molecular complexity index is 854. The molecule has 0 heterocycles. The highest BCUT2D eigenvalue weighted by Crippen LogP contribution is 2.51. The molecule has 0 aliphatic heterocycles. The Kier molecular flexibility index (Phi) is 5.47. The van der Waals surface area contributed by atoms with Gasteiger partial charge in [-0.1, -0.05) is 93.2 Å². The largest absolute Gasteiger partial charge is 0.0955 e. The van der Waals surface area contributed by atoms with Gasteiger partial charge in [-0.15, -0.1) is 0 Å². The van der Waals surface area contributed by atoms with Crippen molar-refractivity contribution in [3.05, 3.63) is 94.6 Å². The number of aryl methyl sites for hydroxylation is 1. The van der Waals surface area contributed by atoms with Crippen LogP contribution in [0.2, 0.25) is 0 Å². The molecule has 27 heavy (non-hydrogen) atoms. The fourth-order valence-corrected chi connectivity index (χ4v) is 4.44. The quantitative estimate of drug-likeness (QED) is 0.376. The number of hydrogen-bond donors (Lipinski definition) is 0. The van der Waals surface area contributed by atoms with E-state index >= 15 is 0 Å². The summed E-state index contributed by atoms with van der Waals surface area (Å²) < 4.78 is 0. The molecule has 0 saturated carbocycles. The van der Waals surface area contributed by atoms with Crippen molar-refractivity contribution in [2.75, 3.05) is 0 Å². The van der Waals surface area contributed by atoms with Gasteiger partial charge in [0.25, 0.3) is 0 Å². The Morgan fingerprint density at radius 3 is 2.67 bits per heavy atom. The molecule has 2 aliphatic carbocycles. The molecule has 0 unspecified atom stereocenters. The molecule has 0 amide bonds. The van der Waals surface area contributed by atoms with Crippen LogP contribution in [0.1, 0.15) is 63.6 Å². The van der Waals surface area contributed by atoms with Crippen molar-refractivity contribution in [3.63, 3.8) is 0 Å². The lowest BCUT2D eigenvalue weighted by atomic mass is 9.57. The molecule has 1 atom stereocenters. The smallest absolute Gasteiger partial charge is 0.0160 e. The van der Waals surface area contributed by atoms with Gasteiger partial charge in [0.05, 0.1) is 0 Å². The maximum atomic E-state index is 4.29. The Morgan fingerprint density at radius 2 is 1.96 bits per heavy atom. The minimum absolute atomic E-state index is 0.0763. The summed E-state index contributed by atoms with van der Waals surface area (Å²) in [6.07, 6.45) is 17.8. The second kappa shape index (κ2) is 7.50. The van der Waals surface area contributed by atoms with Crippen LogP contribution in [-0.4, -0.2) is 0 Å². The predicted molar refractivity (Wildman–Crippen MR) is 119 cm³/mol. The van der Waals surface area contributed by atoms with Crippen LogP contribution in [0.3, 0.4) is 0 Å². The van der Waals surface area contributed by atoms with Crippen LogP contribution in [0.4, 0.5) is 0 Å². The minimum Gasteiger partial charge on any atom is -0.0955 e. The summed E-state index contributed by atoms with van der Waals surface area (Å²) in [4.78, 5) is 0. The Labute approximate surface area is 166 Å². The maximum Gasteiger partial charge on any atom is 0.0160 e. The zero-order chi connectivity index (χ0) is 19.7. The van der Waals surface area contributed by atoms with E-state index in [1.165, 1.54) is 40.7 Å². The van der Waals surface area contributed by atoms with Crippen molar-refractivity contribution < 1.29 is 0 Å². The molecule has 0 heteroatoms. The average Bonchev–Trinajstić information content (AvgIpc) is 3.12. The van der Waals surface area contributed by atoms with E-state index in [4.69, 9.17) is 0 Å². The van der Waals surface area contributed by atoms with Crippen LogP contribution in [0.25, 0.3) is 0 Å². The van der Waals surface area contributed by atoms with Gasteiger partial charge >= 0.3 is 0 Å². The van der Waals surface area contributed by atoms with E-state index in [0.29, 0.717) is 0 Å². The van der Waals surface area contributed by atoms with E-state index in [2.05, 4.69) is 95.9 Å². The van der Waals surface area contributed by atoms with E-state index in [0.717, 1.165) is 18.4 Å². The average molecular weight is 359 g/mol. The van der Waals surface area contributed by atoms with E-state index in [1.807, 2.05) is 0 Å². The zero-order valence-electron chi connectivity index (χ0n) is 17.7. The maximum absolute atomic E-state index is 4.29. The summed E-state index contributed by atoms with van der Waals surface area (Å²) in [7, 11) is 0. The van der Waals surface area contributed by atoms with Gasteiger partial charge in [-0.05, 0) is 67.2 Å². The molecular formula is C27H34. The molecule has 0 aromatic heterocycles. The molecule has 0 nitrogen and oxygen atoms in total. The molecule has 0 radical (unpaired) electrons. The third-order valence-electron chi connectivity index (χ3n) is 6.71. The molecule has 0 N–H and O–H groups in total. The molecule has 0 saturated heterocycles. The Morgan fingerprint density at radius 1 is 1.19 bits per heavy atom. The normalized spacial score (nSPS) is 24.2. The molecule has 2 aliphatic rings. The highest BCUT2D eigenvalue weighted by Gasteiger charge is 2.43. The monoisotopic (exact) mass is 358 g/mol. The first-order valence-corrected chi connectivity index (χ1v) is 10.2. The van der Waals surface area contributed by atoms with Crippen molar-refractivity contribution in [2.45, 2.75) is 65.7 Å². The van der Waals surface area contributed by atoms with Crippen LogP contribution in [-0.2, 0) is 11.8 Å². The van der Waals surface area contributed by atoms with E-state index < -0.39 is 0 Å². The molecule has 3 rings (SSSR count). The molecule has 0 spiro atoms. The highest BCUT2D eigenvalue weighted by molar-refractivity contribution is 5.45. The van der Waals surface area contributed by atoms with E-state index in [1.54, 1.807) is 0 Å². The predicted octanol–water partition coefficient (Wildman–Crippen LogP) is 7.56. The highest BCUT2D eigenvalue weighted by atomic mass is 14.5. The number of benzene rings is 1. The molecular weight excluding hydrogens is 324 g/mol.